The van der Waals surface area contributed by atoms with Crippen molar-refractivity contribution < 1.29 is 39.9 Å². The number of nitrogens with one attached hydrogen (secondary N) is 1. The number of alkyl halides is 6. The second-order valence-corrected chi connectivity index (χ2v) is 10.3. The highest BCUT2D eigenvalue weighted by molar-refractivity contribution is 6.30. The van der Waals surface area contributed by atoms with Crippen molar-refractivity contribution in [3.63, 3.8) is 0 Å². The minimum absolute atomic E-state index is 0.0751. The molecule has 2 aromatic heterocycles. The van der Waals surface area contributed by atoms with Gasteiger partial charge in [0.15, 0.2) is 0 Å². The molecule has 226 valence electrons. The molecule has 0 fully saturated rings. The summed E-state index contributed by atoms with van der Waals surface area (Å²) in [7, 11) is 0. The molecule has 1 amide bonds. The zero-order chi connectivity index (χ0) is 31.1. The van der Waals surface area contributed by atoms with Crippen molar-refractivity contribution in [2.24, 2.45) is 0 Å². The third-order valence-electron chi connectivity index (χ3n) is 6.87. The van der Waals surface area contributed by atoms with Gasteiger partial charge in [-0.3, -0.25) is 9.48 Å². The van der Waals surface area contributed by atoms with Crippen LogP contribution in [0.2, 0.25) is 5.02 Å². The van der Waals surface area contributed by atoms with Gasteiger partial charge in [0.25, 0.3) is 18.3 Å². The number of hydrogen-bond donors (Lipinski definition) is 1. The van der Waals surface area contributed by atoms with E-state index in [4.69, 9.17) is 11.6 Å². The molecule has 2 aromatic carbocycles. The molecule has 2 heterocycles. The van der Waals surface area contributed by atoms with Crippen LogP contribution in [0, 0.1) is 11.6 Å². The van der Waals surface area contributed by atoms with Gasteiger partial charge in [-0.15, -0.1) is 0 Å². The molecule has 0 bridgehead atoms. The molecule has 43 heavy (non-hydrogen) atoms. The minimum Gasteiger partial charge on any atom is -0.346 e. The Morgan fingerprint density at radius 2 is 1.63 bits per heavy atom. The van der Waals surface area contributed by atoms with Gasteiger partial charge in [-0.05, 0) is 41.8 Å². The van der Waals surface area contributed by atoms with E-state index < -0.39 is 78.2 Å². The Hall–Kier alpha value is -4.07. The predicted octanol–water partition coefficient (Wildman–Crippen LogP) is 7.29. The summed E-state index contributed by atoms with van der Waals surface area (Å²) in [6, 6.07) is 7.84. The van der Waals surface area contributed by atoms with Crippen molar-refractivity contribution in [1.29, 1.82) is 0 Å². The number of benzene rings is 2. The molecule has 1 atom stereocenters. The predicted molar refractivity (Wildman–Crippen MR) is 138 cm³/mol. The highest BCUT2D eigenvalue weighted by atomic mass is 35.5. The summed E-state index contributed by atoms with van der Waals surface area (Å²) >= 11 is 5.98. The molecule has 4 aromatic rings. The zero-order valence-electron chi connectivity index (χ0n) is 21.8. The third-order valence-corrected chi connectivity index (χ3v) is 7.12. The van der Waals surface area contributed by atoms with Crippen LogP contribution in [0.15, 0.2) is 55.0 Å². The molecule has 0 radical (unpaired) electrons. The molecule has 15 heteroatoms. The molecule has 0 saturated carbocycles. The van der Waals surface area contributed by atoms with E-state index in [1.807, 2.05) is 0 Å². The van der Waals surface area contributed by atoms with E-state index >= 15 is 0 Å². The Kier molecular flexibility index (Phi) is 8.16. The van der Waals surface area contributed by atoms with E-state index in [-0.39, 0.29) is 22.4 Å². The largest absolute Gasteiger partial charge is 0.346 e. The quantitative estimate of drug-likeness (QED) is 0.208. The summed E-state index contributed by atoms with van der Waals surface area (Å²) in [4.78, 5) is 21.5. The lowest BCUT2D eigenvalue weighted by Gasteiger charge is -2.29. The standard InChI is InChI=1S/C28H20ClF8N5O/c29-16-3-1-15(2-4-16)19-11-38-13-39-23(19)20(9-14-7-17(30)10-18(31)8-14)40-21(43)12-42-25-22(24(41-42)26(32)33)27(34,35)5-6-28(25,36)37/h1-4,7-8,10-11,13,20,26H,5-6,9,12H2,(H,40,43)/t20-/m0/s1. The average Bonchev–Trinajstić information content (AvgIpc) is 3.33. The van der Waals surface area contributed by atoms with Crippen LogP contribution in [0.25, 0.3) is 11.1 Å². The Morgan fingerprint density at radius 3 is 2.28 bits per heavy atom. The van der Waals surface area contributed by atoms with Gasteiger partial charge in [0.2, 0.25) is 5.91 Å². The van der Waals surface area contributed by atoms with Crippen LogP contribution in [-0.2, 0) is 29.6 Å². The summed E-state index contributed by atoms with van der Waals surface area (Å²) in [5.74, 6) is -10.9. The first-order valence-corrected chi connectivity index (χ1v) is 13.1. The molecule has 1 N–H and O–H groups in total. The van der Waals surface area contributed by atoms with Gasteiger partial charge in [-0.1, -0.05) is 23.7 Å². The van der Waals surface area contributed by atoms with Crippen molar-refractivity contribution in [2.45, 2.75) is 50.1 Å². The number of carbonyl (C=O) groups is 1. The molecule has 0 spiro atoms. The molecule has 1 aliphatic rings. The number of amides is 1. The Balaban J connectivity index is 1.54. The van der Waals surface area contributed by atoms with E-state index in [1.165, 1.54) is 6.20 Å². The van der Waals surface area contributed by atoms with Crippen LogP contribution in [0.4, 0.5) is 35.1 Å². The summed E-state index contributed by atoms with van der Waals surface area (Å²) < 4.78 is 114. The molecule has 0 saturated heterocycles. The number of nitrogens with zero attached hydrogens (tertiary/aromatic N) is 4. The first-order valence-electron chi connectivity index (χ1n) is 12.7. The summed E-state index contributed by atoms with van der Waals surface area (Å²) in [6.45, 7) is -1.14. The minimum atomic E-state index is -4.02. The highest BCUT2D eigenvalue weighted by Gasteiger charge is 2.55. The molecule has 5 rings (SSSR count). The van der Waals surface area contributed by atoms with Gasteiger partial charge < -0.3 is 5.32 Å². The summed E-state index contributed by atoms with van der Waals surface area (Å²) in [5.41, 5.74) is -3.49. The zero-order valence-corrected chi connectivity index (χ0v) is 22.5. The van der Waals surface area contributed by atoms with Crippen molar-refractivity contribution >= 4 is 17.5 Å². The van der Waals surface area contributed by atoms with Crippen LogP contribution in [0.5, 0.6) is 0 Å². The van der Waals surface area contributed by atoms with E-state index in [0.29, 0.717) is 22.2 Å². The topological polar surface area (TPSA) is 72.7 Å². The first-order chi connectivity index (χ1) is 20.2. The fourth-order valence-electron chi connectivity index (χ4n) is 5.06. The SMILES string of the molecule is O=C(Cn1nc(C(F)F)c2c1C(F)(F)CCC2(F)F)N[C@@H](Cc1cc(F)cc(F)c1)c1ncncc1-c1ccc(Cl)cc1. The van der Waals surface area contributed by atoms with Crippen LogP contribution in [0.3, 0.4) is 0 Å². The Bertz CT molecular complexity index is 1640. The number of hydrogen-bond acceptors (Lipinski definition) is 4. The monoisotopic (exact) mass is 629 g/mol. The number of fused-ring (bicyclic) bond motifs is 1. The fraction of sp³-hybridized carbons (Fsp3) is 0.286. The highest BCUT2D eigenvalue weighted by Crippen LogP contribution is 2.52. The number of rotatable bonds is 8. The first kappa shape index (κ1) is 30.4. The van der Waals surface area contributed by atoms with Crippen molar-refractivity contribution in [2.75, 3.05) is 0 Å². The molecular weight excluding hydrogens is 610 g/mol. The van der Waals surface area contributed by atoms with Crippen LogP contribution in [0.1, 0.15) is 53.5 Å². The number of halogens is 9. The number of carbonyl (C=O) groups excluding carboxylic acids is 1. The third kappa shape index (κ3) is 6.33. The summed E-state index contributed by atoms with van der Waals surface area (Å²) in [5, 5.41) is 6.21. The molecular formula is C28H20ClF8N5O. The maximum Gasteiger partial charge on any atom is 0.290 e. The average molecular weight is 630 g/mol. The molecule has 0 aliphatic heterocycles. The van der Waals surface area contributed by atoms with E-state index in [1.54, 1.807) is 24.3 Å². The lowest BCUT2D eigenvalue weighted by atomic mass is 9.89. The molecule has 0 unspecified atom stereocenters. The van der Waals surface area contributed by atoms with Gasteiger partial charge in [-0.2, -0.15) is 13.9 Å². The molecule has 6 nitrogen and oxygen atoms in total. The van der Waals surface area contributed by atoms with Gasteiger partial charge in [-0.25, -0.2) is 36.3 Å². The van der Waals surface area contributed by atoms with Crippen molar-refractivity contribution in [3.05, 3.63) is 99.9 Å². The van der Waals surface area contributed by atoms with Crippen LogP contribution in [-0.4, -0.2) is 25.7 Å². The lowest BCUT2D eigenvalue weighted by molar-refractivity contribution is -0.123. The van der Waals surface area contributed by atoms with Crippen LogP contribution >= 0.6 is 11.6 Å². The normalized spacial score (nSPS) is 16.1. The molecule has 1 aliphatic carbocycles. The van der Waals surface area contributed by atoms with E-state index in [0.717, 1.165) is 18.5 Å². The van der Waals surface area contributed by atoms with Crippen LogP contribution < -0.4 is 5.32 Å². The van der Waals surface area contributed by atoms with Gasteiger partial charge >= 0.3 is 0 Å². The maximum atomic E-state index is 14.8. The maximum absolute atomic E-state index is 14.8. The second-order valence-electron chi connectivity index (χ2n) is 9.91. The lowest BCUT2D eigenvalue weighted by Crippen LogP contribution is -2.37. The Morgan fingerprint density at radius 1 is 0.977 bits per heavy atom. The summed E-state index contributed by atoms with van der Waals surface area (Å²) in [6.07, 6.45) is -4.07. The fourth-order valence-corrected chi connectivity index (χ4v) is 5.19. The number of aromatic nitrogens is 4. The van der Waals surface area contributed by atoms with Crippen molar-refractivity contribution in [3.8, 4) is 11.1 Å². The smallest absolute Gasteiger partial charge is 0.290 e. The van der Waals surface area contributed by atoms with Crippen molar-refractivity contribution in [1.82, 2.24) is 25.1 Å². The second kappa shape index (κ2) is 11.5. The van der Waals surface area contributed by atoms with E-state index in [2.05, 4.69) is 20.4 Å². The van der Waals surface area contributed by atoms with Gasteiger partial charge in [0, 0.05) is 35.7 Å². The van der Waals surface area contributed by atoms with E-state index in [9.17, 15) is 39.9 Å². The van der Waals surface area contributed by atoms with Gasteiger partial charge in [0.05, 0.1) is 17.3 Å². The Labute approximate surface area is 243 Å². The van der Waals surface area contributed by atoms with Gasteiger partial charge in [0.1, 0.15) is 35.9 Å².